The van der Waals surface area contributed by atoms with Gasteiger partial charge in [-0.15, -0.1) is 0 Å². The second-order valence-electron chi connectivity index (χ2n) is 2.53. The van der Waals surface area contributed by atoms with Crippen molar-refractivity contribution in [1.82, 2.24) is 5.32 Å². The van der Waals surface area contributed by atoms with Gasteiger partial charge in [-0.1, -0.05) is 26.8 Å². The molecule has 0 saturated carbocycles. The monoisotopic (exact) mass is 249 g/mol. The Hall–Kier alpha value is -0.190. The number of halogens is 1. The molecule has 0 bridgehead atoms. The molecule has 0 aromatic rings. The Kier molecular flexibility index (Phi) is 1.60. The number of fused-ring (bicyclic) bond motifs is 1. The maximum atomic E-state index is 10.9. The van der Waals surface area contributed by atoms with Crippen LogP contribution < -0.4 is 5.32 Å². The van der Waals surface area contributed by atoms with Gasteiger partial charge in [-0.05, 0) is 8.09 Å². The van der Waals surface area contributed by atoms with Crippen molar-refractivity contribution in [2.24, 2.45) is 5.92 Å². The normalized spacial score (nSPS) is 36.6. The molecule has 1 amide bonds. The Morgan fingerprint density at radius 3 is 3.40 bits per heavy atom. The number of hydrogen-bond acceptors (Lipinski definition) is 1. The summed E-state index contributed by atoms with van der Waals surface area (Å²) in [5.41, 5.74) is 0. The summed E-state index contributed by atoms with van der Waals surface area (Å²) >= 11 is 0.141. The van der Waals surface area contributed by atoms with Crippen molar-refractivity contribution in [1.29, 1.82) is 0 Å². The molecule has 2 rings (SSSR count). The Morgan fingerprint density at radius 2 is 2.60 bits per heavy atom. The van der Waals surface area contributed by atoms with E-state index in [0.717, 1.165) is 0 Å². The van der Waals surface area contributed by atoms with Crippen molar-refractivity contribution in [2.75, 3.05) is 0 Å². The highest BCUT2D eigenvalue weighted by Crippen LogP contribution is 2.23. The van der Waals surface area contributed by atoms with Gasteiger partial charge in [0.1, 0.15) is 0 Å². The third-order valence-corrected chi connectivity index (χ3v) is 3.83. The van der Waals surface area contributed by atoms with Gasteiger partial charge in [0.15, 0.2) is 0 Å². The number of nitrogens with one attached hydrogen (secondary N) is 1. The predicted molar refractivity (Wildman–Crippen MR) is 49.3 cm³/mol. The SMILES string of the molecule is O=C1CC2C=CI=CC2N1. The summed E-state index contributed by atoms with van der Waals surface area (Å²) in [5, 5.41) is 2.94. The van der Waals surface area contributed by atoms with E-state index in [9.17, 15) is 4.79 Å². The van der Waals surface area contributed by atoms with Crippen LogP contribution in [0.25, 0.3) is 0 Å². The highest BCUT2D eigenvalue weighted by Gasteiger charge is 2.29. The molecule has 0 spiro atoms. The van der Waals surface area contributed by atoms with E-state index in [1.54, 1.807) is 0 Å². The highest BCUT2D eigenvalue weighted by molar-refractivity contribution is 14.2. The lowest BCUT2D eigenvalue weighted by molar-refractivity contribution is -0.119. The van der Waals surface area contributed by atoms with Crippen molar-refractivity contribution < 1.29 is 4.79 Å². The first-order valence-corrected chi connectivity index (χ1v) is 5.77. The van der Waals surface area contributed by atoms with E-state index in [2.05, 4.69) is 19.5 Å². The van der Waals surface area contributed by atoms with E-state index >= 15 is 0 Å². The van der Waals surface area contributed by atoms with Gasteiger partial charge in [0.25, 0.3) is 0 Å². The minimum atomic E-state index is 0.141. The minimum absolute atomic E-state index is 0.141. The molecule has 1 fully saturated rings. The Morgan fingerprint density at radius 1 is 1.70 bits per heavy atom. The first-order chi connectivity index (χ1) is 4.86. The number of carbonyl (C=O) groups is 1. The standard InChI is InChI=1S/C7H8INO/c10-7-3-5-1-2-8-4-6(5)9-7/h1-2,4-6H,3H2,(H,9,10). The fourth-order valence-electron chi connectivity index (χ4n) is 1.26. The fraction of sp³-hybridized carbons (Fsp3) is 0.429. The summed E-state index contributed by atoms with van der Waals surface area (Å²) in [5.74, 6) is 0.683. The molecule has 2 unspecified atom stereocenters. The number of amides is 1. The molecule has 54 valence electrons. The first-order valence-electron chi connectivity index (χ1n) is 3.27. The topological polar surface area (TPSA) is 29.1 Å². The van der Waals surface area contributed by atoms with Gasteiger partial charge in [0.05, 0.1) is 6.04 Å². The molecule has 3 heteroatoms. The Bertz CT molecular complexity index is 200. The lowest BCUT2D eigenvalue weighted by atomic mass is 10.0. The summed E-state index contributed by atoms with van der Waals surface area (Å²) in [6, 6.07) is 0.380. The van der Waals surface area contributed by atoms with Crippen LogP contribution in [0.1, 0.15) is 6.42 Å². The molecule has 2 atom stereocenters. The molecule has 10 heavy (non-hydrogen) atoms. The second kappa shape index (κ2) is 2.45. The van der Waals surface area contributed by atoms with Crippen LogP contribution in [0.2, 0.25) is 0 Å². The van der Waals surface area contributed by atoms with E-state index in [0.29, 0.717) is 18.4 Å². The summed E-state index contributed by atoms with van der Waals surface area (Å²) in [6.07, 6.45) is 2.89. The average Bonchev–Trinajstić information content (AvgIpc) is 2.27. The summed E-state index contributed by atoms with van der Waals surface area (Å²) < 4.78 is 4.51. The number of hydrogen-bond donors (Lipinski definition) is 1. The average molecular weight is 249 g/mol. The zero-order valence-corrected chi connectivity index (χ0v) is 7.54. The molecule has 2 nitrogen and oxygen atoms in total. The zero-order valence-electron chi connectivity index (χ0n) is 5.38. The van der Waals surface area contributed by atoms with Gasteiger partial charge in [-0.2, -0.15) is 0 Å². The van der Waals surface area contributed by atoms with E-state index in [4.69, 9.17) is 0 Å². The minimum Gasteiger partial charge on any atom is -0.349 e. The molecule has 1 N–H and O–H groups in total. The third-order valence-electron chi connectivity index (χ3n) is 1.81. The van der Waals surface area contributed by atoms with Crippen molar-refractivity contribution in [3.63, 3.8) is 0 Å². The quantitative estimate of drug-likeness (QED) is 0.632. The molecule has 2 aliphatic rings. The highest BCUT2D eigenvalue weighted by atomic mass is 127. The van der Waals surface area contributed by atoms with Gasteiger partial charge in [0.2, 0.25) is 5.91 Å². The van der Waals surface area contributed by atoms with Crippen molar-refractivity contribution in [2.45, 2.75) is 12.5 Å². The largest absolute Gasteiger partial charge is 0.349 e. The van der Waals surface area contributed by atoms with Crippen LogP contribution in [0.4, 0.5) is 0 Å². The molecule has 1 saturated heterocycles. The maximum Gasteiger partial charge on any atom is 0.221 e. The molecule has 2 aliphatic heterocycles. The Balaban J connectivity index is 2.22. The number of carbonyl (C=O) groups excluding carboxylic acids is 1. The molecule has 2 heterocycles. The molecular formula is C7H8INO. The van der Waals surface area contributed by atoms with Crippen molar-refractivity contribution in [3.05, 3.63) is 10.2 Å². The van der Waals surface area contributed by atoms with Crippen molar-refractivity contribution >= 4 is 30.6 Å². The van der Waals surface area contributed by atoms with Gasteiger partial charge in [-0.3, -0.25) is 4.79 Å². The lowest BCUT2D eigenvalue weighted by Gasteiger charge is -2.12. The smallest absolute Gasteiger partial charge is 0.221 e. The van der Waals surface area contributed by atoms with Crippen LogP contribution in [0, 0.1) is 5.92 Å². The van der Waals surface area contributed by atoms with Crippen molar-refractivity contribution in [3.8, 4) is 0 Å². The van der Waals surface area contributed by atoms with E-state index in [-0.39, 0.29) is 26.6 Å². The van der Waals surface area contributed by atoms with Crippen LogP contribution in [0.15, 0.2) is 10.2 Å². The van der Waals surface area contributed by atoms with Crippen LogP contribution in [0.5, 0.6) is 0 Å². The molecular weight excluding hydrogens is 241 g/mol. The molecule has 0 aliphatic carbocycles. The third kappa shape index (κ3) is 1.02. The fourth-order valence-corrected chi connectivity index (χ4v) is 3.43. The maximum absolute atomic E-state index is 10.9. The van der Waals surface area contributed by atoms with Gasteiger partial charge >= 0.3 is 0 Å². The van der Waals surface area contributed by atoms with Crippen LogP contribution >= 0.6 is 20.7 Å². The van der Waals surface area contributed by atoms with E-state index < -0.39 is 0 Å². The molecule has 0 radical (unpaired) electrons. The predicted octanol–water partition coefficient (Wildman–Crippen LogP) is 0.791. The van der Waals surface area contributed by atoms with Gasteiger partial charge in [0, 0.05) is 12.3 Å². The van der Waals surface area contributed by atoms with Crippen LogP contribution in [0.3, 0.4) is 0 Å². The summed E-state index contributed by atoms with van der Waals surface area (Å²) in [4.78, 5) is 10.9. The van der Waals surface area contributed by atoms with Gasteiger partial charge < -0.3 is 5.32 Å². The van der Waals surface area contributed by atoms with E-state index in [1.807, 2.05) is 0 Å². The van der Waals surface area contributed by atoms with Crippen LogP contribution in [-0.4, -0.2) is 16.0 Å². The van der Waals surface area contributed by atoms with E-state index in [1.165, 1.54) is 0 Å². The molecule has 0 aromatic carbocycles. The first kappa shape index (κ1) is 6.52. The number of rotatable bonds is 0. The van der Waals surface area contributed by atoms with Gasteiger partial charge in [-0.25, -0.2) is 0 Å². The lowest BCUT2D eigenvalue weighted by Crippen LogP contribution is -2.29. The van der Waals surface area contributed by atoms with Crippen LogP contribution in [-0.2, 0) is 4.79 Å². The second-order valence-corrected chi connectivity index (χ2v) is 4.69. The summed E-state index contributed by atoms with van der Waals surface area (Å²) in [7, 11) is 0. The zero-order chi connectivity index (χ0) is 6.97. The Labute approximate surface area is 69.4 Å². The molecule has 0 aromatic heterocycles. The summed E-state index contributed by atoms with van der Waals surface area (Å²) in [6.45, 7) is 0.